The van der Waals surface area contributed by atoms with Crippen LogP contribution in [0.5, 0.6) is 0 Å². The van der Waals surface area contributed by atoms with Gasteiger partial charge in [0.2, 0.25) is 5.95 Å². The summed E-state index contributed by atoms with van der Waals surface area (Å²) in [6, 6.07) is 9.01. The average Bonchev–Trinajstić information content (AvgIpc) is 2.73. The molecule has 0 atom stereocenters. The van der Waals surface area contributed by atoms with Gasteiger partial charge in [0.1, 0.15) is 11.6 Å². The smallest absolute Gasteiger partial charge is 0.207 e. The molecular formula is C14H10ClN5. The number of aromatic nitrogens is 3. The van der Waals surface area contributed by atoms with Crippen molar-refractivity contribution < 1.29 is 0 Å². The van der Waals surface area contributed by atoms with Gasteiger partial charge in [-0.1, -0.05) is 11.6 Å². The first-order valence-corrected chi connectivity index (χ1v) is 6.28. The van der Waals surface area contributed by atoms with Crippen molar-refractivity contribution in [3.05, 3.63) is 46.6 Å². The van der Waals surface area contributed by atoms with Crippen LogP contribution in [0.1, 0.15) is 11.1 Å². The fraction of sp³-hybridized carbons (Fsp3) is 0.0714. The van der Waals surface area contributed by atoms with Crippen molar-refractivity contribution in [3.63, 3.8) is 0 Å². The number of pyridine rings is 1. The summed E-state index contributed by atoms with van der Waals surface area (Å²) in [6.07, 6.45) is 1.73. The number of nitrogens with two attached hydrogens (primary N) is 1. The maximum absolute atomic E-state index is 9.23. The van der Waals surface area contributed by atoms with Crippen molar-refractivity contribution in [1.82, 2.24) is 14.5 Å². The van der Waals surface area contributed by atoms with Crippen LogP contribution in [0.15, 0.2) is 30.5 Å². The number of hydrogen-bond donors (Lipinski definition) is 1. The predicted molar refractivity (Wildman–Crippen MR) is 77.7 cm³/mol. The Morgan fingerprint density at radius 2 is 2.15 bits per heavy atom. The van der Waals surface area contributed by atoms with Crippen molar-refractivity contribution in [2.24, 2.45) is 0 Å². The van der Waals surface area contributed by atoms with E-state index in [9.17, 15) is 5.26 Å². The first-order chi connectivity index (χ1) is 9.60. The largest absolute Gasteiger partial charge is 0.369 e. The number of nitrogens with zero attached hydrogens (tertiary/aromatic N) is 4. The lowest BCUT2D eigenvalue weighted by Crippen LogP contribution is -2.03. The molecule has 2 N–H and O–H groups in total. The highest BCUT2D eigenvalue weighted by Crippen LogP contribution is 2.26. The van der Waals surface area contributed by atoms with Crippen LogP contribution >= 0.6 is 11.6 Å². The summed E-state index contributed by atoms with van der Waals surface area (Å²) in [5.74, 6) is 0.275. The van der Waals surface area contributed by atoms with Crippen LogP contribution in [0.2, 0.25) is 5.02 Å². The van der Waals surface area contributed by atoms with Crippen molar-refractivity contribution in [3.8, 4) is 11.8 Å². The number of rotatable bonds is 1. The molecule has 0 fully saturated rings. The third-order valence-corrected chi connectivity index (χ3v) is 3.22. The topological polar surface area (TPSA) is 80.5 Å². The molecule has 0 amide bonds. The summed E-state index contributed by atoms with van der Waals surface area (Å²) in [7, 11) is 0. The Hall–Kier alpha value is -2.58. The third kappa shape index (κ3) is 1.87. The van der Waals surface area contributed by atoms with Crippen molar-refractivity contribution in [2.45, 2.75) is 6.92 Å². The van der Waals surface area contributed by atoms with Gasteiger partial charge in [0, 0.05) is 11.2 Å². The number of anilines is 1. The Morgan fingerprint density at radius 1 is 1.35 bits per heavy atom. The summed E-state index contributed by atoms with van der Waals surface area (Å²) >= 11 is 6.02. The van der Waals surface area contributed by atoms with Gasteiger partial charge >= 0.3 is 0 Å². The second-order valence-corrected chi connectivity index (χ2v) is 4.87. The molecule has 5 nitrogen and oxygen atoms in total. The Morgan fingerprint density at radius 3 is 2.90 bits per heavy atom. The minimum Gasteiger partial charge on any atom is -0.369 e. The molecule has 0 aliphatic carbocycles. The van der Waals surface area contributed by atoms with E-state index < -0.39 is 0 Å². The lowest BCUT2D eigenvalue weighted by Gasteiger charge is -2.08. The molecule has 98 valence electrons. The maximum Gasteiger partial charge on any atom is 0.207 e. The monoisotopic (exact) mass is 283 g/mol. The summed E-state index contributed by atoms with van der Waals surface area (Å²) in [5.41, 5.74) is 9.29. The minimum absolute atomic E-state index is 0.275. The van der Waals surface area contributed by atoms with Gasteiger partial charge in [-0.15, -0.1) is 0 Å². The van der Waals surface area contributed by atoms with Crippen molar-refractivity contribution in [1.29, 1.82) is 5.26 Å². The number of halogens is 1. The SMILES string of the molecule is Cc1cnc2c(c1)nc(N)n2-c1cc(Cl)ccc1C#N. The standard InChI is InChI=1S/C14H10ClN5/c1-8-4-11-13(18-7-8)20(14(17)19-11)12-5-10(15)3-2-9(12)6-16/h2-5,7H,1H3,(H2,17,19). The molecule has 1 aromatic carbocycles. The van der Waals surface area contributed by atoms with Crippen LogP contribution in [0, 0.1) is 18.3 Å². The van der Waals surface area contributed by atoms with Gasteiger partial charge in [0.25, 0.3) is 0 Å². The van der Waals surface area contributed by atoms with E-state index in [1.165, 1.54) is 0 Å². The summed E-state index contributed by atoms with van der Waals surface area (Å²) < 4.78 is 1.64. The van der Waals surface area contributed by atoms with E-state index in [0.717, 1.165) is 5.56 Å². The highest BCUT2D eigenvalue weighted by molar-refractivity contribution is 6.30. The molecule has 0 spiro atoms. The van der Waals surface area contributed by atoms with Crippen LogP contribution < -0.4 is 5.73 Å². The van der Waals surface area contributed by atoms with Gasteiger partial charge in [0.15, 0.2) is 5.65 Å². The molecule has 6 heteroatoms. The predicted octanol–water partition coefficient (Wildman–Crippen LogP) is 2.84. The first kappa shape index (κ1) is 12.5. The molecule has 0 saturated carbocycles. The second-order valence-electron chi connectivity index (χ2n) is 4.43. The molecule has 3 aromatic rings. The van der Waals surface area contributed by atoms with Gasteiger partial charge in [-0.3, -0.25) is 4.57 Å². The number of imidazole rings is 1. The first-order valence-electron chi connectivity index (χ1n) is 5.91. The van der Waals surface area contributed by atoms with Crippen LogP contribution in [0.3, 0.4) is 0 Å². The minimum atomic E-state index is 0.275. The van der Waals surface area contributed by atoms with Gasteiger partial charge in [0.05, 0.1) is 11.3 Å². The lowest BCUT2D eigenvalue weighted by molar-refractivity contribution is 1.08. The quantitative estimate of drug-likeness (QED) is 0.744. The Labute approximate surface area is 120 Å². The van der Waals surface area contributed by atoms with E-state index in [-0.39, 0.29) is 5.95 Å². The Kier molecular flexibility index (Phi) is 2.81. The molecule has 3 rings (SSSR count). The van der Waals surface area contributed by atoms with E-state index in [0.29, 0.717) is 27.4 Å². The van der Waals surface area contributed by atoms with Crippen LogP contribution in [-0.2, 0) is 0 Å². The highest BCUT2D eigenvalue weighted by atomic mass is 35.5. The molecule has 0 aliphatic heterocycles. The van der Waals surface area contributed by atoms with Crippen LogP contribution in [-0.4, -0.2) is 14.5 Å². The summed E-state index contributed by atoms with van der Waals surface area (Å²) in [5, 5.41) is 9.75. The van der Waals surface area contributed by atoms with Crippen molar-refractivity contribution in [2.75, 3.05) is 5.73 Å². The molecule has 2 heterocycles. The van der Waals surface area contributed by atoms with Gasteiger partial charge in [-0.05, 0) is 36.8 Å². The van der Waals surface area contributed by atoms with Crippen molar-refractivity contribution >= 4 is 28.7 Å². The zero-order valence-corrected chi connectivity index (χ0v) is 11.4. The van der Waals surface area contributed by atoms with E-state index in [1.54, 1.807) is 29.0 Å². The third-order valence-electron chi connectivity index (χ3n) is 2.98. The number of nitrogen functional groups attached to an aromatic ring is 1. The number of fused-ring (bicyclic) bond motifs is 1. The zero-order valence-electron chi connectivity index (χ0n) is 10.6. The molecule has 0 radical (unpaired) electrons. The lowest BCUT2D eigenvalue weighted by atomic mass is 10.2. The van der Waals surface area contributed by atoms with E-state index in [2.05, 4.69) is 16.0 Å². The van der Waals surface area contributed by atoms with Crippen LogP contribution in [0.25, 0.3) is 16.9 Å². The maximum atomic E-state index is 9.23. The second kappa shape index (κ2) is 4.51. The zero-order chi connectivity index (χ0) is 14.3. The van der Waals surface area contributed by atoms with Gasteiger partial charge in [-0.25, -0.2) is 9.97 Å². The summed E-state index contributed by atoms with van der Waals surface area (Å²) in [6.45, 7) is 1.93. The van der Waals surface area contributed by atoms with Gasteiger partial charge < -0.3 is 5.73 Å². The molecule has 20 heavy (non-hydrogen) atoms. The Balaban J connectivity index is 2.38. The van der Waals surface area contributed by atoms with E-state index in [1.807, 2.05) is 13.0 Å². The normalized spacial score (nSPS) is 10.7. The molecule has 0 aliphatic rings. The number of nitriles is 1. The molecule has 0 saturated heterocycles. The molecule has 0 bridgehead atoms. The number of hydrogen-bond acceptors (Lipinski definition) is 4. The molecule has 0 unspecified atom stereocenters. The fourth-order valence-corrected chi connectivity index (χ4v) is 2.27. The molecule has 2 aromatic heterocycles. The van der Waals surface area contributed by atoms with Gasteiger partial charge in [-0.2, -0.15) is 5.26 Å². The number of benzene rings is 1. The highest BCUT2D eigenvalue weighted by Gasteiger charge is 2.15. The summed E-state index contributed by atoms with van der Waals surface area (Å²) in [4.78, 5) is 8.63. The van der Waals surface area contributed by atoms with E-state index in [4.69, 9.17) is 17.3 Å². The number of aryl methyl sites for hydroxylation is 1. The Bertz CT molecular complexity index is 860. The average molecular weight is 284 g/mol. The van der Waals surface area contributed by atoms with E-state index >= 15 is 0 Å². The molecular weight excluding hydrogens is 274 g/mol. The van der Waals surface area contributed by atoms with Crippen LogP contribution in [0.4, 0.5) is 5.95 Å². The fourth-order valence-electron chi connectivity index (χ4n) is 2.10.